The van der Waals surface area contributed by atoms with Gasteiger partial charge in [-0.2, -0.15) is 4.31 Å². The minimum Gasteiger partial charge on any atom is -0.377 e. The van der Waals surface area contributed by atoms with Crippen LogP contribution in [0.5, 0.6) is 0 Å². The van der Waals surface area contributed by atoms with Gasteiger partial charge in [-0.25, -0.2) is 8.42 Å². The van der Waals surface area contributed by atoms with Crippen LogP contribution in [0.2, 0.25) is 0 Å². The Morgan fingerprint density at radius 3 is 2.44 bits per heavy atom. The lowest BCUT2D eigenvalue weighted by molar-refractivity contribution is -0.384. The second-order valence-corrected chi connectivity index (χ2v) is 8.85. The Labute approximate surface area is 148 Å². The fourth-order valence-corrected chi connectivity index (χ4v) is 4.52. The van der Waals surface area contributed by atoms with Gasteiger partial charge >= 0.3 is 0 Å². The van der Waals surface area contributed by atoms with Crippen molar-refractivity contribution in [2.45, 2.75) is 30.7 Å². The molecule has 1 aliphatic carbocycles. The first-order valence-corrected chi connectivity index (χ1v) is 9.96. The normalized spacial score (nSPS) is 21.0. The Hall–Kier alpha value is -1.71. The number of nitro benzene ring substituents is 1. The molecule has 9 heteroatoms. The molecule has 2 fully saturated rings. The maximum Gasteiger partial charge on any atom is 0.293 e. The van der Waals surface area contributed by atoms with E-state index in [0.717, 1.165) is 12.8 Å². The number of hydrogen-bond acceptors (Lipinski definition) is 6. The van der Waals surface area contributed by atoms with Crippen LogP contribution in [0.25, 0.3) is 0 Å². The predicted molar refractivity (Wildman–Crippen MR) is 95.2 cm³/mol. The number of hydrogen-bond donors (Lipinski definition) is 1. The summed E-state index contributed by atoms with van der Waals surface area (Å²) >= 11 is 0. The molecule has 1 aliphatic heterocycles. The van der Waals surface area contributed by atoms with Gasteiger partial charge in [0.1, 0.15) is 5.69 Å². The molecule has 1 N–H and O–H groups in total. The molecule has 3 rings (SSSR count). The van der Waals surface area contributed by atoms with Gasteiger partial charge in [0.2, 0.25) is 10.0 Å². The Morgan fingerprint density at radius 1 is 1.24 bits per heavy atom. The molecule has 0 aromatic heterocycles. The first-order chi connectivity index (χ1) is 11.8. The molecule has 1 heterocycles. The SMILES string of the molecule is C[C@H](Nc1ccc(S(=O)(=O)N2CCN(C)CC2)cc1[N+](=O)[O-])C1CC1. The molecule has 138 valence electrons. The van der Waals surface area contributed by atoms with Crippen LogP contribution in [0.3, 0.4) is 0 Å². The van der Waals surface area contributed by atoms with E-state index >= 15 is 0 Å². The summed E-state index contributed by atoms with van der Waals surface area (Å²) in [4.78, 5) is 13.0. The lowest BCUT2D eigenvalue weighted by atomic mass is 10.2. The maximum atomic E-state index is 12.8. The molecule has 1 atom stereocenters. The lowest BCUT2D eigenvalue weighted by Gasteiger charge is -2.31. The van der Waals surface area contributed by atoms with Crippen LogP contribution in [0.4, 0.5) is 11.4 Å². The molecule has 25 heavy (non-hydrogen) atoms. The molecule has 1 saturated carbocycles. The van der Waals surface area contributed by atoms with Crippen LogP contribution in [-0.4, -0.2) is 61.8 Å². The molecular formula is C16H24N4O4S. The number of nitro groups is 1. The molecule has 1 saturated heterocycles. The molecule has 0 unspecified atom stereocenters. The highest BCUT2D eigenvalue weighted by Crippen LogP contribution is 2.36. The average Bonchev–Trinajstić information content (AvgIpc) is 3.40. The van der Waals surface area contributed by atoms with Crippen molar-refractivity contribution < 1.29 is 13.3 Å². The predicted octanol–water partition coefficient (Wildman–Crippen LogP) is 1.74. The van der Waals surface area contributed by atoms with E-state index in [1.54, 1.807) is 0 Å². The number of likely N-dealkylation sites (N-methyl/N-ethyl adjacent to an activating group) is 1. The van der Waals surface area contributed by atoms with Crippen LogP contribution >= 0.6 is 0 Å². The number of sulfonamides is 1. The molecule has 8 nitrogen and oxygen atoms in total. The fraction of sp³-hybridized carbons (Fsp3) is 0.625. The molecule has 2 aliphatic rings. The second-order valence-electron chi connectivity index (χ2n) is 6.91. The number of rotatable bonds is 6. The van der Waals surface area contributed by atoms with Gasteiger partial charge in [-0.3, -0.25) is 10.1 Å². The third kappa shape index (κ3) is 3.94. The van der Waals surface area contributed by atoms with Gasteiger partial charge in [-0.1, -0.05) is 0 Å². The number of nitrogens with zero attached hydrogens (tertiary/aromatic N) is 3. The number of anilines is 1. The smallest absolute Gasteiger partial charge is 0.293 e. The summed E-state index contributed by atoms with van der Waals surface area (Å²) in [6, 6.07) is 4.29. The average molecular weight is 368 g/mol. The van der Waals surface area contributed by atoms with Crippen molar-refractivity contribution >= 4 is 21.4 Å². The standard InChI is InChI=1S/C16H24N4O4S/c1-12(13-3-4-13)17-15-6-5-14(11-16(15)20(21)22)25(23,24)19-9-7-18(2)8-10-19/h5-6,11-13,17H,3-4,7-10H2,1-2H3/t12-/m0/s1. The first kappa shape index (κ1) is 18.1. The maximum absolute atomic E-state index is 12.8. The topological polar surface area (TPSA) is 95.8 Å². The zero-order valence-corrected chi connectivity index (χ0v) is 15.3. The van der Waals surface area contributed by atoms with Crippen LogP contribution in [-0.2, 0) is 10.0 Å². The minimum atomic E-state index is -3.72. The van der Waals surface area contributed by atoms with Crippen molar-refractivity contribution in [1.82, 2.24) is 9.21 Å². The molecule has 0 bridgehead atoms. The van der Waals surface area contributed by atoms with Gasteiger partial charge < -0.3 is 10.2 Å². The van der Waals surface area contributed by atoms with E-state index in [9.17, 15) is 18.5 Å². The van der Waals surface area contributed by atoms with E-state index in [-0.39, 0.29) is 16.6 Å². The number of nitrogens with one attached hydrogen (secondary N) is 1. The van der Waals surface area contributed by atoms with E-state index in [1.807, 2.05) is 14.0 Å². The van der Waals surface area contributed by atoms with E-state index in [1.165, 1.54) is 22.5 Å². The Balaban J connectivity index is 1.86. The highest BCUT2D eigenvalue weighted by Gasteiger charge is 2.32. The van der Waals surface area contributed by atoms with Crippen LogP contribution in [0.1, 0.15) is 19.8 Å². The monoisotopic (exact) mass is 368 g/mol. The van der Waals surface area contributed by atoms with Crippen LogP contribution in [0, 0.1) is 16.0 Å². The molecule has 0 radical (unpaired) electrons. The third-order valence-electron chi connectivity index (χ3n) is 4.98. The second kappa shape index (κ2) is 6.89. The molecule has 0 spiro atoms. The summed E-state index contributed by atoms with van der Waals surface area (Å²) < 4.78 is 27.0. The van der Waals surface area contributed by atoms with E-state index in [0.29, 0.717) is 37.8 Å². The van der Waals surface area contributed by atoms with Gasteiger partial charge in [0.15, 0.2) is 0 Å². The van der Waals surface area contributed by atoms with Crippen molar-refractivity contribution in [3.8, 4) is 0 Å². The quantitative estimate of drug-likeness (QED) is 0.607. The van der Waals surface area contributed by atoms with Gasteiger partial charge in [0, 0.05) is 38.3 Å². The summed E-state index contributed by atoms with van der Waals surface area (Å²) in [6.45, 7) is 4.09. The molecule has 0 amide bonds. The molecule has 1 aromatic rings. The van der Waals surface area contributed by atoms with E-state index < -0.39 is 14.9 Å². The first-order valence-electron chi connectivity index (χ1n) is 8.52. The lowest BCUT2D eigenvalue weighted by Crippen LogP contribution is -2.47. The van der Waals surface area contributed by atoms with Gasteiger partial charge in [-0.15, -0.1) is 0 Å². The molecular weight excluding hydrogens is 344 g/mol. The van der Waals surface area contributed by atoms with Crippen molar-refractivity contribution in [2.75, 3.05) is 38.5 Å². The Bertz CT molecular complexity index is 755. The summed E-state index contributed by atoms with van der Waals surface area (Å²) in [5.41, 5.74) is 0.185. The largest absolute Gasteiger partial charge is 0.377 e. The van der Waals surface area contributed by atoms with Crippen molar-refractivity contribution in [3.05, 3.63) is 28.3 Å². The van der Waals surface area contributed by atoms with Crippen molar-refractivity contribution in [3.63, 3.8) is 0 Å². The zero-order valence-electron chi connectivity index (χ0n) is 14.5. The number of benzene rings is 1. The van der Waals surface area contributed by atoms with E-state index in [4.69, 9.17) is 0 Å². The van der Waals surface area contributed by atoms with Crippen LogP contribution in [0.15, 0.2) is 23.1 Å². The van der Waals surface area contributed by atoms with Gasteiger partial charge in [0.05, 0.1) is 9.82 Å². The highest BCUT2D eigenvalue weighted by atomic mass is 32.2. The summed E-state index contributed by atoms with van der Waals surface area (Å²) in [5.74, 6) is 0.536. The highest BCUT2D eigenvalue weighted by molar-refractivity contribution is 7.89. The van der Waals surface area contributed by atoms with Crippen molar-refractivity contribution in [2.24, 2.45) is 5.92 Å². The minimum absolute atomic E-state index is 0.0200. The third-order valence-corrected chi connectivity index (χ3v) is 6.87. The fourth-order valence-electron chi connectivity index (χ4n) is 3.08. The molecule has 1 aromatic carbocycles. The summed E-state index contributed by atoms with van der Waals surface area (Å²) in [5, 5.41) is 14.6. The van der Waals surface area contributed by atoms with Crippen LogP contribution < -0.4 is 5.32 Å². The Kier molecular flexibility index (Phi) is 4.99. The van der Waals surface area contributed by atoms with E-state index in [2.05, 4.69) is 10.2 Å². The van der Waals surface area contributed by atoms with Crippen molar-refractivity contribution in [1.29, 1.82) is 0 Å². The summed E-state index contributed by atoms with van der Waals surface area (Å²) in [6.07, 6.45) is 2.25. The summed E-state index contributed by atoms with van der Waals surface area (Å²) in [7, 11) is -1.78. The Morgan fingerprint density at radius 2 is 1.88 bits per heavy atom. The zero-order chi connectivity index (χ0) is 18.2. The number of piperazine rings is 1. The van der Waals surface area contributed by atoms with Gasteiger partial charge in [0.25, 0.3) is 5.69 Å². The van der Waals surface area contributed by atoms with Gasteiger partial charge in [-0.05, 0) is 44.9 Å².